The van der Waals surface area contributed by atoms with Gasteiger partial charge in [0.1, 0.15) is 11.6 Å². The molecule has 1 aliphatic rings. The van der Waals surface area contributed by atoms with E-state index in [-0.39, 0.29) is 24.1 Å². The smallest absolute Gasteiger partial charge is 0.258 e. The number of benzene rings is 3. The zero-order valence-electron chi connectivity index (χ0n) is 17.0. The number of carbonyl (C=O) groups excluding carboxylic acids is 2. The first-order valence-corrected chi connectivity index (χ1v) is 10.3. The van der Waals surface area contributed by atoms with Crippen molar-refractivity contribution in [1.82, 2.24) is 0 Å². The van der Waals surface area contributed by atoms with E-state index in [9.17, 15) is 14.0 Å². The van der Waals surface area contributed by atoms with Gasteiger partial charge in [-0.05, 0) is 60.9 Å². The Kier molecular flexibility index (Phi) is 6.26. The molecule has 31 heavy (non-hydrogen) atoms. The summed E-state index contributed by atoms with van der Waals surface area (Å²) >= 11 is 0. The van der Waals surface area contributed by atoms with Gasteiger partial charge in [-0.3, -0.25) is 9.59 Å². The van der Waals surface area contributed by atoms with Gasteiger partial charge < -0.3 is 15.0 Å². The highest BCUT2D eigenvalue weighted by Crippen LogP contribution is 2.29. The third-order valence-corrected chi connectivity index (χ3v) is 5.16. The van der Waals surface area contributed by atoms with E-state index < -0.39 is 0 Å². The van der Waals surface area contributed by atoms with Crippen molar-refractivity contribution in [2.45, 2.75) is 19.3 Å². The molecular weight excluding hydrogens is 395 g/mol. The summed E-state index contributed by atoms with van der Waals surface area (Å²) in [6, 6.07) is 20.8. The number of halogens is 1. The molecule has 0 atom stereocenters. The molecule has 158 valence electrons. The number of ether oxygens (including phenoxy) is 1. The van der Waals surface area contributed by atoms with Crippen LogP contribution in [0.5, 0.6) is 5.75 Å². The SMILES string of the molecule is O=C(CCCOc1cccc(F)c1)Nc1ccc(C(=O)N2CCc3ccccc32)cc1. The summed E-state index contributed by atoms with van der Waals surface area (Å²) < 4.78 is 18.6. The van der Waals surface area contributed by atoms with Crippen LogP contribution in [0.15, 0.2) is 72.8 Å². The zero-order chi connectivity index (χ0) is 21.6. The topological polar surface area (TPSA) is 58.6 Å². The highest BCUT2D eigenvalue weighted by molar-refractivity contribution is 6.07. The molecule has 0 fully saturated rings. The molecular formula is C25H23FN2O3. The largest absolute Gasteiger partial charge is 0.493 e. The van der Waals surface area contributed by atoms with E-state index in [0.717, 1.165) is 12.1 Å². The number of para-hydroxylation sites is 1. The lowest BCUT2D eigenvalue weighted by Crippen LogP contribution is -2.28. The predicted octanol–water partition coefficient (Wildman–Crippen LogP) is 4.83. The highest BCUT2D eigenvalue weighted by Gasteiger charge is 2.24. The molecule has 0 saturated carbocycles. The van der Waals surface area contributed by atoms with Crippen LogP contribution < -0.4 is 15.0 Å². The summed E-state index contributed by atoms with van der Waals surface area (Å²) in [5, 5.41) is 2.82. The van der Waals surface area contributed by atoms with E-state index in [1.54, 1.807) is 41.3 Å². The summed E-state index contributed by atoms with van der Waals surface area (Å²) in [4.78, 5) is 26.8. The lowest BCUT2D eigenvalue weighted by molar-refractivity contribution is -0.116. The molecule has 4 rings (SSSR count). The molecule has 1 aliphatic heterocycles. The predicted molar refractivity (Wildman–Crippen MR) is 118 cm³/mol. The van der Waals surface area contributed by atoms with Crippen LogP contribution in [0.25, 0.3) is 0 Å². The Morgan fingerprint density at radius 2 is 1.81 bits per heavy atom. The number of amides is 2. The van der Waals surface area contributed by atoms with Gasteiger partial charge in [0.05, 0.1) is 6.61 Å². The fourth-order valence-corrected chi connectivity index (χ4v) is 3.60. The van der Waals surface area contributed by atoms with E-state index >= 15 is 0 Å². The van der Waals surface area contributed by atoms with Gasteiger partial charge in [-0.15, -0.1) is 0 Å². The number of hydrogen-bond acceptors (Lipinski definition) is 3. The van der Waals surface area contributed by atoms with E-state index in [0.29, 0.717) is 36.6 Å². The molecule has 3 aromatic carbocycles. The molecule has 0 aliphatic carbocycles. The van der Waals surface area contributed by atoms with Crippen molar-refractivity contribution in [1.29, 1.82) is 0 Å². The van der Waals surface area contributed by atoms with Crippen molar-refractivity contribution in [3.8, 4) is 5.75 Å². The van der Waals surface area contributed by atoms with Gasteiger partial charge in [0.25, 0.3) is 5.91 Å². The fourth-order valence-electron chi connectivity index (χ4n) is 3.60. The van der Waals surface area contributed by atoms with E-state index in [1.165, 1.54) is 17.7 Å². The fraction of sp³-hybridized carbons (Fsp3) is 0.200. The number of hydrogen-bond donors (Lipinski definition) is 1. The summed E-state index contributed by atoms with van der Waals surface area (Å²) in [6.45, 7) is 0.996. The summed E-state index contributed by atoms with van der Waals surface area (Å²) in [5.41, 5.74) is 3.36. The number of rotatable bonds is 7. The third-order valence-electron chi connectivity index (χ3n) is 5.16. The standard InChI is InChI=1S/C25H23FN2O3/c26-20-6-3-7-22(17-20)31-16-4-9-24(29)27-21-12-10-19(11-13-21)25(30)28-15-14-18-5-1-2-8-23(18)28/h1-3,5-8,10-13,17H,4,9,14-16H2,(H,27,29). The summed E-state index contributed by atoms with van der Waals surface area (Å²) in [7, 11) is 0. The maximum Gasteiger partial charge on any atom is 0.258 e. The Morgan fingerprint density at radius 3 is 2.61 bits per heavy atom. The first-order valence-electron chi connectivity index (χ1n) is 10.3. The molecule has 5 nitrogen and oxygen atoms in total. The lowest BCUT2D eigenvalue weighted by atomic mass is 10.1. The van der Waals surface area contributed by atoms with Gasteiger partial charge in [0, 0.05) is 36.0 Å². The number of nitrogens with zero attached hydrogens (tertiary/aromatic N) is 1. The van der Waals surface area contributed by atoms with Crippen molar-refractivity contribution < 1.29 is 18.7 Å². The molecule has 3 aromatic rings. The number of anilines is 2. The maximum atomic E-state index is 13.1. The Balaban J connectivity index is 1.25. The second kappa shape index (κ2) is 9.43. The molecule has 1 heterocycles. The van der Waals surface area contributed by atoms with Crippen LogP contribution in [-0.2, 0) is 11.2 Å². The highest BCUT2D eigenvalue weighted by atomic mass is 19.1. The Labute approximate surface area is 180 Å². The minimum absolute atomic E-state index is 0.0441. The monoisotopic (exact) mass is 418 g/mol. The van der Waals surface area contributed by atoms with E-state index in [2.05, 4.69) is 5.32 Å². The van der Waals surface area contributed by atoms with Crippen molar-refractivity contribution in [3.05, 3.63) is 89.7 Å². The van der Waals surface area contributed by atoms with Gasteiger partial charge in [0.2, 0.25) is 5.91 Å². The molecule has 0 saturated heterocycles. The van der Waals surface area contributed by atoms with Crippen molar-refractivity contribution in [3.63, 3.8) is 0 Å². The minimum Gasteiger partial charge on any atom is -0.493 e. The van der Waals surface area contributed by atoms with Crippen LogP contribution in [0.3, 0.4) is 0 Å². The van der Waals surface area contributed by atoms with Crippen molar-refractivity contribution in [2.24, 2.45) is 0 Å². The van der Waals surface area contributed by atoms with Gasteiger partial charge >= 0.3 is 0 Å². The number of fused-ring (bicyclic) bond motifs is 1. The molecule has 0 spiro atoms. The van der Waals surface area contributed by atoms with Crippen LogP contribution in [0.2, 0.25) is 0 Å². The van der Waals surface area contributed by atoms with Crippen LogP contribution >= 0.6 is 0 Å². The Hall–Kier alpha value is -3.67. The van der Waals surface area contributed by atoms with Gasteiger partial charge in [-0.25, -0.2) is 4.39 Å². The molecule has 0 aromatic heterocycles. The van der Waals surface area contributed by atoms with Gasteiger partial charge in [0.15, 0.2) is 0 Å². The van der Waals surface area contributed by atoms with E-state index in [4.69, 9.17) is 4.74 Å². The minimum atomic E-state index is -0.355. The molecule has 0 unspecified atom stereocenters. The number of nitrogens with one attached hydrogen (secondary N) is 1. The second-order valence-electron chi connectivity index (χ2n) is 7.37. The average molecular weight is 418 g/mol. The molecule has 2 amide bonds. The average Bonchev–Trinajstić information content (AvgIpc) is 3.21. The molecule has 1 N–H and O–H groups in total. The van der Waals surface area contributed by atoms with Crippen LogP contribution in [0.4, 0.5) is 15.8 Å². The quantitative estimate of drug-likeness (QED) is 0.560. The Morgan fingerprint density at radius 1 is 1.00 bits per heavy atom. The zero-order valence-corrected chi connectivity index (χ0v) is 17.0. The van der Waals surface area contributed by atoms with Crippen molar-refractivity contribution in [2.75, 3.05) is 23.4 Å². The molecule has 6 heteroatoms. The second-order valence-corrected chi connectivity index (χ2v) is 7.37. The first kappa shape index (κ1) is 20.6. The maximum absolute atomic E-state index is 13.1. The normalized spacial score (nSPS) is 12.4. The summed E-state index contributed by atoms with van der Waals surface area (Å²) in [6.07, 6.45) is 1.65. The van der Waals surface area contributed by atoms with E-state index in [1.807, 2.05) is 24.3 Å². The van der Waals surface area contributed by atoms with Crippen LogP contribution in [0.1, 0.15) is 28.8 Å². The van der Waals surface area contributed by atoms with Crippen LogP contribution in [-0.4, -0.2) is 25.0 Å². The number of carbonyl (C=O) groups is 2. The Bertz CT molecular complexity index is 1080. The molecule has 0 bridgehead atoms. The molecule has 0 radical (unpaired) electrons. The van der Waals surface area contributed by atoms with Crippen LogP contribution in [0, 0.1) is 5.82 Å². The lowest BCUT2D eigenvalue weighted by Gasteiger charge is -2.17. The van der Waals surface area contributed by atoms with Gasteiger partial charge in [-0.1, -0.05) is 24.3 Å². The van der Waals surface area contributed by atoms with Crippen molar-refractivity contribution >= 4 is 23.2 Å². The first-order chi connectivity index (χ1) is 15.1. The van der Waals surface area contributed by atoms with Gasteiger partial charge in [-0.2, -0.15) is 0 Å². The third kappa shape index (κ3) is 5.09. The summed E-state index contributed by atoms with van der Waals surface area (Å²) in [5.74, 6) is -0.0971.